The first-order valence-corrected chi connectivity index (χ1v) is 3.21. The molecule has 2 N–H and O–H groups in total. The topological polar surface area (TPSA) is 50.7 Å². The summed E-state index contributed by atoms with van der Waals surface area (Å²) in [6, 6.07) is 0. The van der Waals surface area contributed by atoms with Crippen LogP contribution in [0.25, 0.3) is 0 Å². The zero-order valence-electron chi connectivity index (χ0n) is 6.26. The molecule has 0 atom stereocenters. The number of ether oxygens (including phenoxy) is 2. The Morgan fingerprint density at radius 1 is 1.40 bits per heavy atom. The zero-order chi connectivity index (χ0) is 7.61. The molecule has 4 heteroatoms. The third-order valence-corrected chi connectivity index (χ3v) is 1.73. The Morgan fingerprint density at radius 2 is 1.90 bits per heavy atom. The standard InChI is InChI=1S/C6H13NO3/c1-9-5(10-2)6(8)3-7-4-6/h5,7-8H,3-4H2,1-2H3. The molecule has 10 heavy (non-hydrogen) atoms. The lowest BCUT2D eigenvalue weighted by atomic mass is 9.97. The number of methoxy groups -OCH3 is 2. The van der Waals surface area contributed by atoms with E-state index in [1.807, 2.05) is 0 Å². The van der Waals surface area contributed by atoms with E-state index in [9.17, 15) is 5.11 Å². The molecule has 0 bridgehead atoms. The molecule has 0 aromatic carbocycles. The zero-order valence-corrected chi connectivity index (χ0v) is 6.26. The molecule has 0 amide bonds. The number of aliphatic hydroxyl groups is 1. The van der Waals surface area contributed by atoms with Gasteiger partial charge in [-0.3, -0.25) is 0 Å². The molecule has 1 aliphatic heterocycles. The number of nitrogens with one attached hydrogen (secondary N) is 1. The summed E-state index contributed by atoms with van der Waals surface area (Å²) in [6.07, 6.45) is -0.506. The lowest BCUT2D eigenvalue weighted by molar-refractivity contribution is -0.230. The van der Waals surface area contributed by atoms with Gasteiger partial charge in [-0.15, -0.1) is 0 Å². The molecule has 60 valence electrons. The summed E-state index contributed by atoms with van der Waals surface area (Å²) in [6.45, 7) is 1.08. The van der Waals surface area contributed by atoms with E-state index in [0.717, 1.165) is 0 Å². The van der Waals surface area contributed by atoms with Crippen molar-refractivity contribution in [3.63, 3.8) is 0 Å². The van der Waals surface area contributed by atoms with Gasteiger partial charge in [-0.2, -0.15) is 0 Å². The molecule has 4 nitrogen and oxygen atoms in total. The highest BCUT2D eigenvalue weighted by Gasteiger charge is 2.43. The van der Waals surface area contributed by atoms with Crippen LogP contribution in [0.3, 0.4) is 0 Å². The Morgan fingerprint density at radius 3 is 2.00 bits per heavy atom. The second-order valence-electron chi connectivity index (χ2n) is 2.51. The largest absolute Gasteiger partial charge is 0.382 e. The Kier molecular flexibility index (Phi) is 2.25. The van der Waals surface area contributed by atoms with E-state index in [2.05, 4.69) is 5.32 Å². The van der Waals surface area contributed by atoms with E-state index in [4.69, 9.17) is 9.47 Å². The predicted octanol–water partition coefficient (Wildman–Crippen LogP) is -1.06. The maximum absolute atomic E-state index is 9.56. The number of β-amino-alcohol motifs (C(OH)–C–C–N with tert-alkyl or cyclic N) is 1. The van der Waals surface area contributed by atoms with Crippen LogP contribution in [-0.2, 0) is 9.47 Å². The molecule has 0 aliphatic carbocycles. The molecule has 1 rings (SSSR count). The summed E-state index contributed by atoms with van der Waals surface area (Å²) in [5.41, 5.74) is -0.816. The number of hydrogen-bond donors (Lipinski definition) is 2. The fourth-order valence-corrected chi connectivity index (χ4v) is 1.08. The lowest BCUT2D eigenvalue weighted by Crippen LogP contribution is -2.66. The number of rotatable bonds is 3. The van der Waals surface area contributed by atoms with Crippen molar-refractivity contribution in [3.8, 4) is 0 Å². The Labute approximate surface area is 60.1 Å². The average Bonchev–Trinajstić information content (AvgIpc) is 1.87. The minimum atomic E-state index is -0.816. The van der Waals surface area contributed by atoms with E-state index in [1.165, 1.54) is 14.2 Å². The van der Waals surface area contributed by atoms with Crippen molar-refractivity contribution in [3.05, 3.63) is 0 Å². The van der Waals surface area contributed by atoms with Crippen molar-refractivity contribution in [2.75, 3.05) is 27.3 Å². The summed E-state index contributed by atoms with van der Waals surface area (Å²) in [5.74, 6) is 0. The molecule has 1 aliphatic rings. The van der Waals surface area contributed by atoms with Gasteiger partial charge in [0.1, 0.15) is 5.60 Å². The van der Waals surface area contributed by atoms with Crippen LogP contribution in [0, 0.1) is 0 Å². The Hall–Kier alpha value is -0.160. The average molecular weight is 147 g/mol. The quantitative estimate of drug-likeness (QED) is 0.500. The van der Waals surface area contributed by atoms with Gasteiger partial charge in [0.15, 0.2) is 6.29 Å². The Bertz CT molecular complexity index is 110. The first kappa shape index (κ1) is 7.94. The first-order valence-electron chi connectivity index (χ1n) is 3.21. The molecule has 0 spiro atoms. The molecule has 0 aromatic heterocycles. The summed E-state index contributed by atoms with van der Waals surface area (Å²) in [7, 11) is 3.04. The molecule has 1 saturated heterocycles. The third kappa shape index (κ3) is 1.15. The van der Waals surface area contributed by atoms with Crippen LogP contribution < -0.4 is 5.32 Å². The minimum Gasteiger partial charge on any atom is -0.382 e. The van der Waals surface area contributed by atoms with Crippen LogP contribution in [0.1, 0.15) is 0 Å². The molecule has 1 fully saturated rings. The second kappa shape index (κ2) is 2.84. The normalized spacial score (nSPS) is 22.8. The van der Waals surface area contributed by atoms with E-state index < -0.39 is 11.9 Å². The minimum absolute atomic E-state index is 0.506. The van der Waals surface area contributed by atoms with Crippen molar-refractivity contribution in [1.82, 2.24) is 5.32 Å². The summed E-state index contributed by atoms with van der Waals surface area (Å²) in [4.78, 5) is 0. The van der Waals surface area contributed by atoms with Gasteiger partial charge in [-0.25, -0.2) is 0 Å². The Balaban J connectivity index is 2.43. The maximum atomic E-state index is 9.56. The molecule has 1 heterocycles. The highest BCUT2D eigenvalue weighted by atomic mass is 16.7. The van der Waals surface area contributed by atoms with Gasteiger partial charge in [-0.1, -0.05) is 0 Å². The van der Waals surface area contributed by atoms with Crippen molar-refractivity contribution in [2.45, 2.75) is 11.9 Å². The van der Waals surface area contributed by atoms with Crippen LogP contribution in [-0.4, -0.2) is 44.3 Å². The first-order chi connectivity index (χ1) is 4.73. The fourth-order valence-electron chi connectivity index (χ4n) is 1.08. The van der Waals surface area contributed by atoms with Gasteiger partial charge in [0.05, 0.1) is 0 Å². The summed E-state index contributed by atoms with van der Waals surface area (Å²) >= 11 is 0. The maximum Gasteiger partial charge on any atom is 0.188 e. The molecule has 0 radical (unpaired) electrons. The van der Waals surface area contributed by atoms with E-state index in [0.29, 0.717) is 13.1 Å². The van der Waals surface area contributed by atoms with E-state index >= 15 is 0 Å². The highest BCUT2D eigenvalue weighted by Crippen LogP contribution is 2.18. The summed E-state index contributed by atoms with van der Waals surface area (Å²) < 4.78 is 9.79. The van der Waals surface area contributed by atoms with Gasteiger partial charge in [-0.05, 0) is 0 Å². The van der Waals surface area contributed by atoms with Gasteiger partial charge in [0, 0.05) is 27.3 Å². The SMILES string of the molecule is COC(OC)C1(O)CNC1. The second-order valence-corrected chi connectivity index (χ2v) is 2.51. The molecule has 0 saturated carbocycles. The van der Waals surface area contributed by atoms with Crippen molar-refractivity contribution in [2.24, 2.45) is 0 Å². The molecular formula is C6H13NO3. The van der Waals surface area contributed by atoms with Crippen molar-refractivity contribution < 1.29 is 14.6 Å². The van der Waals surface area contributed by atoms with Crippen LogP contribution >= 0.6 is 0 Å². The van der Waals surface area contributed by atoms with E-state index in [-0.39, 0.29) is 0 Å². The summed E-state index contributed by atoms with van der Waals surface area (Å²) in [5, 5.41) is 12.5. The molecule has 0 unspecified atom stereocenters. The van der Waals surface area contributed by atoms with Crippen molar-refractivity contribution in [1.29, 1.82) is 0 Å². The van der Waals surface area contributed by atoms with Gasteiger partial charge in [0.2, 0.25) is 0 Å². The fraction of sp³-hybridized carbons (Fsp3) is 1.00. The highest BCUT2D eigenvalue weighted by molar-refractivity contribution is 4.95. The molecule has 0 aromatic rings. The monoisotopic (exact) mass is 147 g/mol. The third-order valence-electron chi connectivity index (χ3n) is 1.73. The van der Waals surface area contributed by atoms with Crippen molar-refractivity contribution >= 4 is 0 Å². The molecular weight excluding hydrogens is 134 g/mol. The van der Waals surface area contributed by atoms with Gasteiger partial charge < -0.3 is 19.9 Å². The van der Waals surface area contributed by atoms with Crippen LogP contribution in [0.4, 0.5) is 0 Å². The number of hydrogen-bond acceptors (Lipinski definition) is 4. The van der Waals surface area contributed by atoms with Crippen LogP contribution in [0.15, 0.2) is 0 Å². The van der Waals surface area contributed by atoms with Gasteiger partial charge >= 0.3 is 0 Å². The lowest BCUT2D eigenvalue weighted by Gasteiger charge is -2.41. The van der Waals surface area contributed by atoms with Crippen LogP contribution in [0.2, 0.25) is 0 Å². The van der Waals surface area contributed by atoms with E-state index in [1.54, 1.807) is 0 Å². The predicted molar refractivity (Wildman–Crippen MR) is 35.6 cm³/mol. The smallest absolute Gasteiger partial charge is 0.188 e. The van der Waals surface area contributed by atoms with Gasteiger partial charge in [0.25, 0.3) is 0 Å². The van der Waals surface area contributed by atoms with Crippen LogP contribution in [0.5, 0.6) is 0 Å².